The first-order valence-corrected chi connectivity index (χ1v) is 8.36. The first kappa shape index (κ1) is 14.9. The van der Waals surface area contributed by atoms with E-state index in [1.165, 1.54) is 5.69 Å². The van der Waals surface area contributed by atoms with Gasteiger partial charge < -0.3 is 9.30 Å². The Morgan fingerprint density at radius 3 is 3.00 bits per heavy atom. The molecule has 0 N–H and O–H groups in total. The smallest absolute Gasteiger partial charge is 0.255 e. The van der Waals surface area contributed by atoms with E-state index >= 15 is 0 Å². The molecule has 1 saturated heterocycles. The summed E-state index contributed by atoms with van der Waals surface area (Å²) in [6.07, 6.45) is 7.52. The SMILES string of the molecule is Cc1cn2c(C3CCCN(C(=O)c4cccnc4)C3)cccc2n1. The van der Waals surface area contributed by atoms with E-state index in [0.717, 1.165) is 37.3 Å². The molecule has 1 aliphatic rings. The average molecular weight is 320 g/mol. The zero-order chi connectivity index (χ0) is 16.5. The maximum absolute atomic E-state index is 12.7. The molecule has 0 aromatic carbocycles. The van der Waals surface area contributed by atoms with E-state index in [4.69, 9.17) is 0 Å². The molecule has 1 fully saturated rings. The van der Waals surface area contributed by atoms with Crippen LogP contribution in [0.1, 0.15) is 40.5 Å². The summed E-state index contributed by atoms with van der Waals surface area (Å²) >= 11 is 0. The van der Waals surface area contributed by atoms with Gasteiger partial charge >= 0.3 is 0 Å². The van der Waals surface area contributed by atoms with Crippen molar-refractivity contribution in [3.05, 3.63) is 65.9 Å². The number of rotatable bonds is 2. The molecule has 0 aliphatic carbocycles. The Kier molecular flexibility index (Phi) is 3.76. The van der Waals surface area contributed by atoms with Crippen LogP contribution in [-0.2, 0) is 0 Å². The first-order valence-electron chi connectivity index (χ1n) is 8.36. The van der Waals surface area contributed by atoms with Crippen LogP contribution in [-0.4, -0.2) is 38.3 Å². The van der Waals surface area contributed by atoms with Gasteiger partial charge in [-0.15, -0.1) is 0 Å². The minimum absolute atomic E-state index is 0.0711. The number of carbonyl (C=O) groups excluding carboxylic acids is 1. The minimum Gasteiger partial charge on any atom is -0.338 e. The number of fused-ring (bicyclic) bond motifs is 1. The monoisotopic (exact) mass is 320 g/mol. The predicted molar refractivity (Wildman–Crippen MR) is 92.0 cm³/mol. The van der Waals surface area contributed by atoms with Gasteiger partial charge in [0.25, 0.3) is 5.91 Å². The maximum Gasteiger partial charge on any atom is 0.255 e. The standard InChI is InChI=1S/C19H20N4O/c1-14-12-23-17(7-2-8-18(23)21-14)16-6-4-10-22(13-16)19(24)15-5-3-9-20-11-15/h2-3,5,7-9,11-12,16H,4,6,10,13H2,1H3. The summed E-state index contributed by atoms with van der Waals surface area (Å²) in [6.45, 7) is 3.56. The van der Waals surface area contributed by atoms with Gasteiger partial charge in [-0.25, -0.2) is 4.98 Å². The van der Waals surface area contributed by atoms with E-state index < -0.39 is 0 Å². The third kappa shape index (κ3) is 2.66. The third-order valence-electron chi connectivity index (χ3n) is 4.68. The van der Waals surface area contributed by atoms with E-state index in [1.807, 2.05) is 30.0 Å². The Morgan fingerprint density at radius 2 is 2.17 bits per heavy atom. The van der Waals surface area contributed by atoms with E-state index in [0.29, 0.717) is 11.5 Å². The van der Waals surface area contributed by atoms with E-state index in [9.17, 15) is 4.79 Å². The van der Waals surface area contributed by atoms with Crippen molar-refractivity contribution in [3.63, 3.8) is 0 Å². The molecule has 3 aromatic heterocycles. The quantitative estimate of drug-likeness (QED) is 0.729. The predicted octanol–water partition coefficient (Wildman–Crippen LogP) is 3.06. The summed E-state index contributed by atoms with van der Waals surface area (Å²) < 4.78 is 2.16. The lowest BCUT2D eigenvalue weighted by Crippen LogP contribution is -2.39. The van der Waals surface area contributed by atoms with Crippen LogP contribution in [0.15, 0.2) is 48.9 Å². The van der Waals surface area contributed by atoms with E-state index in [-0.39, 0.29) is 5.91 Å². The molecule has 0 radical (unpaired) electrons. The van der Waals surface area contributed by atoms with Crippen LogP contribution < -0.4 is 0 Å². The van der Waals surface area contributed by atoms with Crippen molar-refractivity contribution in [2.45, 2.75) is 25.7 Å². The lowest BCUT2D eigenvalue weighted by Gasteiger charge is -2.33. The highest BCUT2D eigenvalue weighted by Crippen LogP contribution is 2.28. The zero-order valence-corrected chi connectivity index (χ0v) is 13.7. The number of aromatic nitrogens is 3. The number of aryl methyl sites for hydroxylation is 1. The Balaban J connectivity index is 1.61. The molecule has 1 amide bonds. The van der Waals surface area contributed by atoms with Gasteiger partial charge in [0, 0.05) is 43.3 Å². The molecular formula is C19H20N4O. The van der Waals surface area contributed by atoms with Gasteiger partial charge in [0.1, 0.15) is 5.65 Å². The Hall–Kier alpha value is -2.69. The Morgan fingerprint density at radius 1 is 1.25 bits per heavy atom. The van der Waals surface area contributed by atoms with Gasteiger partial charge in [0.2, 0.25) is 0 Å². The summed E-state index contributed by atoms with van der Waals surface area (Å²) in [5, 5.41) is 0. The summed E-state index contributed by atoms with van der Waals surface area (Å²) in [5.41, 5.74) is 3.88. The van der Waals surface area contributed by atoms with Crippen LogP contribution in [0.25, 0.3) is 5.65 Å². The maximum atomic E-state index is 12.7. The molecule has 1 atom stereocenters. The largest absolute Gasteiger partial charge is 0.338 e. The molecule has 0 saturated carbocycles. The Bertz CT molecular complexity index is 871. The number of carbonyl (C=O) groups is 1. The summed E-state index contributed by atoms with van der Waals surface area (Å²) in [4.78, 5) is 23.3. The fraction of sp³-hybridized carbons (Fsp3) is 0.316. The number of nitrogens with zero attached hydrogens (tertiary/aromatic N) is 4. The second kappa shape index (κ2) is 6.07. The molecule has 0 bridgehead atoms. The summed E-state index contributed by atoms with van der Waals surface area (Å²) in [7, 11) is 0. The molecule has 4 heterocycles. The number of likely N-dealkylation sites (tertiary alicyclic amines) is 1. The fourth-order valence-electron chi connectivity index (χ4n) is 3.56. The van der Waals surface area contributed by atoms with Gasteiger partial charge in [-0.2, -0.15) is 0 Å². The Labute approximate surface area is 141 Å². The average Bonchev–Trinajstić information content (AvgIpc) is 3.02. The van der Waals surface area contributed by atoms with Gasteiger partial charge in [-0.3, -0.25) is 9.78 Å². The van der Waals surface area contributed by atoms with Crippen molar-refractivity contribution in [2.75, 3.05) is 13.1 Å². The number of imidazole rings is 1. The van der Waals surface area contributed by atoms with Crippen molar-refractivity contribution >= 4 is 11.6 Å². The highest BCUT2D eigenvalue weighted by Gasteiger charge is 2.27. The van der Waals surface area contributed by atoms with Crippen molar-refractivity contribution in [1.29, 1.82) is 0 Å². The minimum atomic E-state index is 0.0711. The third-order valence-corrected chi connectivity index (χ3v) is 4.68. The number of piperidine rings is 1. The topological polar surface area (TPSA) is 50.5 Å². The molecule has 24 heavy (non-hydrogen) atoms. The van der Waals surface area contributed by atoms with Crippen molar-refractivity contribution in [2.24, 2.45) is 0 Å². The number of hydrogen-bond donors (Lipinski definition) is 0. The van der Waals surface area contributed by atoms with E-state index in [2.05, 4.69) is 32.7 Å². The molecule has 0 spiro atoms. The molecule has 4 rings (SSSR count). The van der Waals surface area contributed by atoms with Crippen LogP contribution in [0.5, 0.6) is 0 Å². The summed E-state index contributed by atoms with van der Waals surface area (Å²) in [5.74, 6) is 0.401. The van der Waals surface area contributed by atoms with E-state index in [1.54, 1.807) is 12.4 Å². The van der Waals surface area contributed by atoms with Crippen LogP contribution >= 0.6 is 0 Å². The van der Waals surface area contributed by atoms with Gasteiger partial charge in [-0.1, -0.05) is 6.07 Å². The fourth-order valence-corrected chi connectivity index (χ4v) is 3.56. The molecular weight excluding hydrogens is 300 g/mol. The first-order chi connectivity index (χ1) is 11.7. The van der Waals surface area contributed by atoms with Crippen LogP contribution in [0, 0.1) is 6.92 Å². The summed E-state index contributed by atoms with van der Waals surface area (Å²) in [6, 6.07) is 9.87. The molecule has 122 valence electrons. The van der Waals surface area contributed by atoms with Gasteiger partial charge in [-0.05, 0) is 44.0 Å². The van der Waals surface area contributed by atoms with Gasteiger partial charge in [0.05, 0.1) is 11.3 Å². The molecule has 5 heteroatoms. The van der Waals surface area contributed by atoms with Crippen LogP contribution in [0.2, 0.25) is 0 Å². The number of pyridine rings is 2. The van der Waals surface area contributed by atoms with Crippen molar-refractivity contribution in [3.8, 4) is 0 Å². The van der Waals surface area contributed by atoms with Crippen molar-refractivity contribution < 1.29 is 4.79 Å². The van der Waals surface area contributed by atoms with Crippen LogP contribution in [0.4, 0.5) is 0 Å². The molecule has 3 aromatic rings. The molecule has 1 aliphatic heterocycles. The lowest BCUT2D eigenvalue weighted by atomic mass is 9.93. The highest BCUT2D eigenvalue weighted by atomic mass is 16.2. The number of hydrogen-bond acceptors (Lipinski definition) is 3. The normalized spacial score (nSPS) is 18.0. The number of amides is 1. The zero-order valence-electron chi connectivity index (χ0n) is 13.7. The van der Waals surface area contributed by atoms with Gasteiger partial charge in [0.15, 0.2) is 0 Å². The van der Waals surface area contributed by atoms with Crippen LogP contribution in [0.3, 0.4) is 0 Å². The van der Waals surface area contributed by atoms with Crippen molar-refractivity contribution in [1.82, 2.24) is 19.3 Å². The molecule has 5 nitrogen and oxygen atoms in total. The second-order valence-electron chi connectivity index (χ2n) is 6.39. The highest BCUT2D eigenvalue weighted by molar-refractivity contribution is 5.94. The second-order valence-corrected chi connectivity index (χ2v) is 6.39. The lowest BCUT2D eigenvalue weighted by molar-refractivity contribution is 0.0705. The molecule has 1 unspecified atom stereocenters.